The van der Waals surface area contributed by atoms with E-state index < -0.39 is 10.0 Å². The summed E-state index contributed by atoms with van der Waals surface area (Å²) in [5.41, 5.74) is 0.912. The number of aryl methyl sites for hydroxylation is 1. The van der Waals surface area contributed by atoms with Crippen LogP contribution in [0.2, 0.25) is 0 Å². The zero-order valence-corrected chi connectivity index (χ0v) is 16.4. The van der Waals surface area contributed by atoms with Crippen LogP contribution in [0.1, 0.15) is 25.5 Å². The molecule has 2 atom stereocenters. The first kappa shape index (κ1) is 19.5. The van der Waals surface area contributed by atoms with Gasteiger partial charge in [0.05, 0.1) is 12.1 Å². The van der Waals surface area contributed by atoms with Crippen LogP contribution in [0.5, 0.6) is 0 Å². The second kappa shape index (κ2) is 8.18. The van der Waals surface area contributed by atoms with Gasteiger partial charge in [-0.15, -0.1) is 0 Å². The molecule has 2 unspecified atom stereocenters. The molecule has 1 fully saturated rings. The molecule has 2 aromatic heterocycles. The summed E-state index contributed by atoms with van der Waals surface area (Å²) in [5.74, 6) is -0.458. The molecule has 27 heavy (non-hydrogen) atoms. The lowest BCUT2D eigenvalue weighted by Crippen LogP contribution is -2.47. The number of hydrogen-bond acceptors (Lipinski definition) is 5. The molecule has 3 heterocycles. The Labute approximate surface area is 159 Å². The van der Waals surface area contributed by atoms with Gasteiger partial charge in [0.1, 0.15) is 4.90 Å². The third kappa shape index (κ3) is 4.72. The highest BCUT2D eigenvalue weighted by Gasteiger charge is 2.34. The van der Waals surface area contributed by atoms with Gasteiger partial charge in [0.15, 0.2) is 0 Å². The van der Waals surface area contributed by atoms with Crippen LogP contribution in [-0.4, -0.2) is 52.5 Å². The van der Waals surface area contributed by atoms with Crippen molar-refractivity contribution in [2.45, 2.75) is 37.1 Å². The number of amides is 1. The van der Waals surface area contributed by atoms with Crippen LogP contribution in [0.15, 0.2) is 41.7 Å². The maximum absolute atomic E-state index is 12.8. The third-order valence-corrected chi connectivity index (χ3v) is 6.52. The Morgan fingerprint density at radius 1 is 1.41 bits per heavy atom. The van der Waals surface area contributed by atoms with Crippen molar-refractivity contribution in [3.05, 3.63) is 42.5 Å². The fourth-order valence-electron chi connectivity index (χ4n) is 3.30. The molecular formula is C18H25N5O3S. The molecule has 3 rings (SSSR count). The maximum atomic E-state index is 12.8. The number of carbonyl (C=O) groups excluding carboxylic acids is 1. The minimum Gasteiger partial charge on any atom is -0.353 e. The predicted octanol–water partition coefficient (Wildman–Crippen LogP) is 0.963. The Hall–Kier alpha value is -2.26. The number of rotatable bonds is 6. The first-order valence-corrected chi connectivity index (χ1v) is 10.5. The molecule has 9 heteroatoms. The molecule has 1 N–H and O–H groups in total. The number of sulfonamides is 1. The van der Waals surface area contributed by atoms with E-state index in [0.29, 0.717) is 25.8 Å². The molecule has 1 saturated heterocycles. The van der Waals surface area contributed by atoms with Crippen molar-refractivity contribution < 1.29 is 13.2 Å². The molecule has 0 aliphatic carbocycles. The Morgan fingerprint density at radius 2 is 2.22 bits per heavy atom. The van der Waals surface area contributed by atoms with Crippen LogP contribution in [0.25, 0.3) is 0 Å². The van der Waals surface area contributed by atoms with Crippen molar-refractivity contribution in [3.63, 3.8) is 0 Å². The Bertz CT molecular complexity index is 881. The topological polar surface area (TPSA) is 97.2 Å². The molecule has 0 spiro atoms. The molecule has 0 bridgehead atoms. The lowest BCUT2D eigenvalue weighted by atomic mass is 9.98. The molecule has 146 valence electrons. The quantitative estimate of drug-likeness (QED) is 0.791. The van der Waals surface area contributed by atoms with E-state index in [1.165, 1.54) is 21.4 Å². The minimum atomic E-state index is -3.62. The van der Waals surface area contributed by atoms with E-state index >= 15 is 0 Å². The summed E-state index contributed by atoms with van der Waals surface area (Å²) in [5, 5.41) is 6.93. The van der Waals surface area contributed by atoms with Gasteiger partial charge in [0.25, 0.3) is 0 Å². The summed E-state index contributed by atoms with van der Waals surface area (Å²) >= 11 is 0. The molecule has 2 aromatic rings. The molecule has 1 aliphatic heterocycles. The van der Waals surface area contributed by atoms with E-state index in [0.717, 1.165) is 5.69 Å². The fraction of sp³-hybridized carbons (Fsp3) is 0.500. The number of carbonyl (C=O) groups is 1. The van der Waals surface area contributed by atoms with Crippen LogP contribution in [0.3, 0.4) is 0 Å². The second-order valence-electron chi connectivity index (χ2n) is 6.99. The number of nitrogens with one attached hydrogen (secondary N) is 1. The van der Waals surface area contributed by atoms with Crippen LogP contribution in [0, 0.1) is 5.92 Å². The lowest BCUT2D eigenvalue weighted by Gasteiger charge is -2.31. The highest BCUT2D eigenvalue weighted by molar-refractivity contribution is 7.89. The average Bonchev–Trinajstić information content (AvgIpc) is 3.10. The molecule has 0 radical (unpaired) electrons. The van der Waals surface area contributed by atoms with Crippen molar-refractivity contribution >= 4 is 15.9 Å². The van der Waals surface area contributed by atoms with E-state index in [9.17, 15) is 13.2 Å². The van der Waals surface area contributed by atoms with Gasteiger partial charge in [-0.25, -0.2) is 8.42 Å². The van der Waals surface area contributed by atoms with Gasteiger partial charge in [-0.3, -0.25) is 14.5 Å². The number of hydrogen-bond donors (Lipinski definition) is 1. The summed E-state index contributed by atoms with van der Waals surface area (Å²) in [4.78, 5) is 17.1. The van der Waals surface area contributed by atoms with E-state index in [-0.39, 0.29) is 29.3 Å². The molecule has 1 aliphatic rings. The van der Waals surface area contributed by atoms with Crippen LogP contribution in [-0.2, 0) is 28.3 Å². The van der Waals surface area contributed by atoms with E-state index in [1.807, 2.05) is 25.1 Å². The first-order chi connectivity index (χ1) is 12.9. The van der Waals surface area contributed by atoms with E-state index in [4.69, 9.17) is 0 Å². The smallest absolute Gasteiger partial charge is 0.246 e. The summed E-state index contributed by atoms with van der Waals surface area (Å²) < 4.78 is 28.4. The molecule has 0 aromatic carbocycles. The highest BCUT2D eigenvalue weighted by Crippen LogP contribution is 2.23. The van der Waals surface area contributed by atoms with Gasteiger partial charge in [-0.05, 0) is 31.9 Å². The van der Waals surface area contributed by atoms with Crippen molar-refractivity contribution in [3.8, 4) is 0 Å². The van der Waals surface area contributed by atoms with Gasteiger partial charge in [-0.1, -0.05) is 6.07 Å². The van der Waals surface area contributed by atoms with Crippen molar-refractivity contribution in [1.82, 2.24) is 24.4 Å². The normalized spacial score (nSPS) is 19.6. The largest absolute Gasteiger partial charge is 0.353 e. The number of pyridine rings is 1. The predicted molar refractivity (Wildman–Crippen MR) is 100 cm³/mol. The molecule has 1 amide bonds. The fourth-order valence-corrected chi connectivity index (χ4v) is 4.81. The van der Waals surface area contributed by atoms with Crippen LogP contribution >= 0.6 is 0 Å². The van der Waals surface area contributed by atoms with Crippen molar-refractivity contribution in [1.29, 1.82) is 0 Å². The lowest BCUT2D eigenvalue weighted by molar-refractivity contribution is -0.126. The molecular weight excluding hydrogens is 366 g/mol. The minimum absolute atomic E-state index is 0.0716. The maximum Gasteiger partial charge on any atom is 0.246 e. The monoisotopic (exact) mass is 391 g/mol. The molecule has 0 saturated carbocycles. The number of nitrogens with zero attached hydrogens (tertiary/aromatic N) is 4. The van der Waals surface area contributed by atoms with Crippen molar-refractivity contribution in [2.75, 3.05) is 13.1 Å². The number of piperidine rings is 1. The second-order valence-corrected chi connectivity index (χ2v) is 8.92. The third-order valence-electron chi connectivity index (χ3n) is 4.70. The van der Waals surface area contributed by atoms with Gasteiger partial charge in [-0.2, -0.15) is 9.40 Å². The zero-order valence-electron chi connectivity index (χ0n) is 15.6. The van der Waals surface area contributed by atoms with Crippen LogP contribution < -0.4 is 5.32 Å². The molecule has 8 nitrogen and oxygen atoms in total. The summed E-state index contributed by atoms with van der Waals surface area (Å²) in [6, 6.07) is 5.62. The Kier molecular flexibility index (Phi) is 5.91. The summed E-state index contributed by atoms with van der Waals surface area (Å²) in [6.07, 6.45) is 6.53. The zero-order chi connectivity index (χ0) is 19.4. The SMILES string of the molecule is CC(Cc1ccccn1)NC(=O)C1CCCN(S(=O)(=O)c2cnn(C)c2)C1. The van der Waals surface area contributed by atoms with E-state index in [1.54, 1.807) is 13.2 Å². The average molecular weight is 391 g/mol. The van der Waals surface area contributed by atoms with E-state index in [2.05, 4.69) is 15.4 Å². The van der Waals surface area contributed by atoms with Crippen molar-refractivity contribution in [2.24, 2.45) is 13.0 Å². The van der Waals surface area contributed by atoms with Gasteiger partial charge in [0.2, 0.25) is 15.9 Å². The summed E-state index contributed by atoms with van der Waals surface area (Å²) in [6.45, 7) is 2.55. The Morgan fingerprint density at radius 3 is 2.89 bits per heavy atom. The standard InChI is InChI=1S/C18H25N5O3S/c1-14(10-16-7-3-4-8-19-16)21-18(24)15-6-5-9-23(12-15)27(25,26)17-11-20-22(2)13-17/h3-4,7-8,11,13-15H,5-6,9-10,12H2,1-2H3,(H,21,24). The highest BCUT2D eigenvalue weighted by atomic mass is 32.2. The van der Waals surface area contributed by atoms with Crippen LogP contribution in [0.4, 0.5) is 0 Å². The number of aromatic nitrogens is 3. The van der Waals surface area contributed by atoms with Gasteiger partial charge >= 0.3 is 0 Å². The first-order valence-electron chi connectivity index (χ1n) is 9.05. The van der Waals surface area contributed by atoms with Gasteiger partial charge in [0, 0.05) is 50.7 Å². The Balaban J connectivity index is 1.61. The summed E-state index contributed by atoms with van der Waals surface area (Å²) in [7, 11) is -1.95. The van der Waals surface area contributed by atoms with Gasteiger partial charge < -0.3 is 5.32 Å².